The summed E-state index contributed by atoms with van der Waals surface area (Å²) in [5, 5.41) is 18.8. The molecule has 2 heteroatoms. The highest BCUT2D eigenvalue weighted by molar-refractivity contribution is 4.91. The van der Waals surface area contributed by atoms with Gasteiger partial charge in [-0.25, -0.2) is 0 Å². The lowest BCUT2D eigenvalue weighted by molar-refractivity contribution is -0.0424. The molecule has 0 heterocycles. The summed E-state index contributed by atoms with van der Waals surface area (Å²) in [7, 11) is 0. The minimum Gasteiger partial charge on any atom is -0.396 e. The molecule has 0 spiro atoms. The van der Waals surface area contributed by atoms with Crippen LogP contribution >= 0.6 is 0 Å². The van der Waals surface area contributed by atoms with E-state index in [1.807, 2.05) is 27.7 Å². The molecule has 4 atom stereocenters. The summed E-state index contributed by atoms with van der Waals surface area (Å²) in [6, 6.07) is 0. The van der Waals surface area contributed by atoms with Crippen LogP contribution in [0.15, 0.2) is 0 Å². The van der Waals surface area contributed by atoms with Crippen LogP contribution in [0, 0.1) is 17.3 Å². The molecule has 0 bridgehead atoms. The van der Waals surface area contributed by atoms with E-state index in [9.17, 15) is 5.11 Å². The van der Waals surface area contributed by atoms with E-state index in [0.29, 0.717) is 11.8 Å². The van der Waals surface area contributed by atoms with Crippen molar-refractivity contribution in [2.75, 3.05) is 6.61 Å². The summed E-state index contributed by atoms with van der Waals surface area (Å²) in [4.78, 5) is 0. The molecule has 1 aliphatic carbocycles. The number of aliphatic hydroxyl groups excluding tert-OH is 2. The summed E-state index contributed by atoms with van der Waals surface area (Å²) in [5.74, 6) is 0.857. The van der Waals surface area contributed by atoms with Gasteiger partial charge in [-0.1, -0.05) is 54.9 Å². The van der Waals surface area contributed by atoms with E-state index < -0.39 is 0 Å². The molecule has 0 aromatic rings. The second-order valence-corrected chi connectivity index (χ2v) is 5.17. The van der Waals surface area contributed by atoms with E-state index in [0.717, 1.165) is 19.3 Å². The molecule has 1 fully saturated rings. The lowest BCUT2D eigenvalue weighted by Gasteiger charge is -2.46. The van der Waals surface area contributed by atoms with Crippen molar-refractivity contribution < 1.29 is 10.2 Å². The van der Waals surface area contributed by atoms with Crippen LogP contribution in [0.3, 0.4) is 0 Å². The fourth-order valence-corrected chi connectivity index (χ4v) is 2.83. The molecule has 1 aliphatic rings. The third-order valence-electron chi connectivity index (χ3n) is 4.52. The lowest BCUT2D eigenvalue weighted by atomic mass is 9.60. The van der Waals surface area contributed by atoms with Gasteiger partial charge in [0.15, 0.2) is 0 Å². The maximum absolute atomic E-state index is 9.87. The summed E-state index contributed by atoms with van der Waals surface area (Å²) in [5.41, 5.74) is 0.209. The SMILES string of the molecule is CC.CC.CC1C(O)CCC[C@]1(C)[C@H](C)CCO. The predicted octanol–water partition coefficient (Wildman–Crippen LogP) is 4.24. The molecular weight excluding hydrogens is 224 g/mol. The molecule has 2 unspecified atom stereocenters. The quantitative estimate of drug-likeness (QED) is 0.796. The molecule has 112 valence electrons. The second kappa shape index (κ2) is 10.8. The van der Waals surface area contributed by atoms with Gasteiger partial charge in [-0.2, -0.15) is 0 Å². The van der Waals surface area contributed by atoms with Gasteiger partial charge in [-0.3, -0.25) is 0 Å². The van der Waals surface area contributed by atoms with Crippen molar-refractivity contribution in [2.45, 2.75) is 80.3 Å². The van der Waals surface area contributed by atoms with Crippen LogP contribution in [0.1, 0.15) is 74.1 Å². The Labute approximate surface area is 115 Å². The van der Waals surface area contributed by atoms with Gasteiger partial charge in [0.05, 0.1) is 6.10 Å². The van der Waals surface area contributed by atoms with Crippen molar-refractivity contribution in [1.29, 1.82) is 0 Å². The van der Waals surface area contributed by atoms with Gasteiger partial charge in [0.25, 0.3) is 0 Å². The van der Waals surface area contributed by atoms with Gasteiger partial charge in [-0.05, 0) is 36.5 Å². The standard InChI is InChI=1S/C12H24O2.2C2H6/c1-9(6-8-13)12(3)7-4-5-11(14)10(12)2;2*1-2/h9-11,13-14H,4-8H2,1-3H3;2*1-2H3/t9-,10?,11?,12-;;/m1../s1. The Balaban J connectivity index is 0. The van der Waals surface area contributed by atoms with Gasteiger partial charge >= 0.3 is 0 Å². The highest BCUT2D eigenvalue weighted by atomic mass is 16.3. The Bertz CT molecular complexity index is 182. The summed E-state index contributed by atoms with van der Waals surface area (Å²) in [6.07, 6.45) is 3.97. The molecule has 0 aromatic carbocycles. The molecule has 18 heavy (non-hydrogen) atoms. The van der Waals surface area contributed by atoms with E-state index in [-0.39, 0.29) is 18.1 Å². The van der Waals surface area contributed by atoms with Crippen molar-refractivity contribution >= 4 is 0 Å². The molecule has 0 aromatic heterocycles. The highest BCUT2D eigenvalue weighted by Gasteiger charge is 2.41. The third-order valence-corrected chi connectivity index (χ3v) is 4.52. The van der Waals surface area contributed by atoms with Gasteiger partial charge in [0, 0.05) is 6.61 Å². The Kier molecular flexibility index (Phi) is 12.2. The normalized spacial score (nSPS) is 32.5. The van der Waals surface area contributed by atoms with Crippen LogP contribution in [0.25, 0.3) is 0 Å². The smallest absolute Gasteiger partial charge is 0.0571 e. The third kappa shape index (κ3) is 5.27. The zero-order valence-corrected chi connectivity index (χ0v) is 13.7. The molecule has 0 amide bonds. The maximum Gasteiger partial charge on any atom is 0.0571 e. The van der Waals surface area contributed by atoms with Gasteiger partial charge in [0.2, 0.25) is 0 Å². The minimum absolute atomic E-state index is 0.144. The predicted molar refractivity (Wildman–Crippen MR) is 80.7 cm³/mol. The van der Waals surface area contributed by atoms with Crippen LogP contribution in [-0.4, -0.2) is 22.9 Å². The average molecular weight is 260 g/mol. The fourth-order valence-electron chi connectivity index (χ4n) is 2.83. The first-order valence-electron chi connectivity index (χ1n) is 7.81. The first kappa shape index (κ1) is 20.2. The Morgan fingerprint density at radius 1 is 1.22 bits per heavy atom. The van der Waals surface area contributed by atoms with Crippen molar-refractivity contribution in [2.24, 2.45) is 17.3 Å². The van der Waals surface area contributed by atoms with Crippen LogP contribution in [0.5, 0.6) is 0 Å². The molecule has 1 saturated carbocycles. The Hall–Kier alpha value is -0.0800. The second-order valence-electron chi connectivity index (χ2n) is 5.17. The zero-order chi connectivity index (χ0) is 14.8. The highest BCUT2D eigenvalue weighted by Crippen LogP contribution is 2.47. The first-order chi connectivity index (χ1) is 8.52. The van der Waals surface area contributed by atoms with Crippen molar-refractivity contribution in [1.82, 2.24) is 0 Å². The molecule has 1 rings (SSSR count). The minimum atomic E-state index is -0.144. The van der Waals surface area contributed by atoms with Gasteiger partial charge < -0.3 is 10.2 Å². The molecule has 0 radical (unpaired) electrons. The first-order valence-corrected chi connectivity index (χ1v) is 7.81. The summed E-state index contributed by atoms with van der Waals surface area (Å²) >= 11 is 0. The van der Waals surface area contributed by atoms with E-state index in [1.54, 1.807) is 0 Å². The van der Waals surface area contributed by atoms with Crippen molar-refractivity contribution in [3.05, 3.63) is 0 Å². The molecule has 0 aliphatic heterocycles. The monoisotopic (exact) mass is 260 g/mol. The maximum atomic E-state index is 9.87. The van der Waals surface area contributed by atoms with E-state index in [2.05, 4.69) is 20.8 Å². The van der Waals surface area contributed by atoms with E-state index >= 15 is 0 Å². The summed E-state index contributed by atoms with van der Waals surface area (Å²) in [6.45, 7) is 14.9. The average Bonchev–Trinajstić information content (AvgIpc) is 2.41. The topological polar surface area (TPSA) is 40.5 Å². The number of aliphatic hydroxyl groups is 2. The van der Waals surface area contributed by atoms with Crippen LogP contribution in [0.2, 0.25) is 0 Å². The van der Waals surface area contributed by atoms with Gasteiger partial charge in [-0.15, -0.1) is 0 Å². The lowest BCUT2D eigenvalue weighted by Crippen LogP contribution is -2.42. The Morgan fingerprint density at radius 3 is 2.17 bits per heavy atom. The van der Waals surface area contributed by atoms with Gasteiger partial charge in [0.1, 0.15) is 0 Å². The largest absolute Gasteiger partial charge is 0.396 e. The molecule has 2 N–H and O–H groups in total. The molecule has 0 saturated heterocycles. The molecular formula is C16H36O2. The van der Waals surface area contributed by atoms with Crippen molar-refractivity contribution in [3.63, 3.8) is 0 Å². The Morgan fingerprint density at radius 2 is 1.72 bits per heavy atom. The number of hydrogen-bond acceptors (Lipinski definition) is 2. The van der Waals surface area contributed by atoms with E-state index in [4.69, 9.17) is 5.11 Å². The van der Waals surface area contributed by atoms with Crippen LogP contribution in [-0.2, 0) is 0 Å². The number of hydrogen-bond donors (Lipinski definition) is 2. The van der Waals surface area contributed by atoms with Crippen LogP contribution in [0.4, 0.5) is 0 Å². The van der Waals surface area contributed by atoms with E-state index in [1.165, 1.54) is 6.42 Å². The van der Waals surface area contributed by atoms with Crippen LogP contribution < -0.4 is 0 Å². The van der Waals surface area contributed by atoms with Crippen molar-refractivity contribution in [3.8, 4) is 0 Å². The number of rotatable bonds is 3. The fraction of sp³-hybridized carbons (Fsp3) is 1.00. The summed E-state index contributed by atoms with van der Waals surface area (Å²) < 4.78 is 0. The molecule has 2 nitrogen and oxygen atoms in total. The zero-order valence-electron chi connectivity index (χ0n) is 13.7.